The van der Waals surface area contributed by atoms with Crippen molar-refractivity contribution in [2.75, 3.05) is 11.5 Å². The molecule has 68 valence electrons. The first-order chi connectivity index (χ1) is 5.41. The van der Waals surface area contributed by atoms with E-state index < -0.39 is 0 Å². The number of rotatable bonds is 8. The molecule has 0 atom stereocenters. The molecule has 0 aliphatic heterocycles. The van der Waals surface area contributed by atoms with E-state index in [1.165, 1.54) is 50.0 Å². The summed E-state index contributed by atoms with van der Waals surface area (Å²) in [6, 6.07) is 0. The Hall–Kier alpha value is 0.350. The highest BCUT2D eigenvalue weighted by atomic mass is 32.2. The highest BCUT2D eigenvalue weighted by Crippen LogP contribution is 2.09. The van der Waals surface area contributed by atoms with Crippen molar-refractivity contribution in [1.29, 1.82) is 0 Å². The number of unbranched alkanes of at least 4 members (excludes halogenated alkanes) is 4. The zero-order valence-electron chi connectivity index (χ0n) is 8.07. The van der Waals surface area contributed by atoms with Gasteiger partial charge in [0.15, 0.2) is 0 Å². The van der Waals surface area contributed by atoms with Crippen molar-refractivity contribution in [2.24, 2.45) is 0 Å². The Kier molecular flexibility index (Phi) is 10.7. The number of hydrogen-bond acceptors (Lipinski definition) is 1. The zero-order chi connectivity index (χ0) is 8.36. The average molecular weight is 174 g/mol. The summed E-state index contributed by atoms with van der Waals surface area (Å²) in [4.78, 5) is 0. The van der Waals surface area contributed by atoms with Gasteiger partial charge >= 0.3 is 0 Å². The van der Waals surface area contributed by atoms with Crippen LogP contribution in [0.1, 0.15) is 52.4 Å². The van der Waals surface area contributed by atoms with Gasteiger partial charge in [-0.15, -0.1) is 0 Å². The third kappa shape index (κ3) is 10.4. The van der Waals surface area contributed by atoms with Gasteiger partial charge in [-0.1, -0.05) is 39.5 Å². The molecule has 0 bridgehead atoms. The molecule has 0 aliphatic rings. The molecule has 0 amide bonds. The Morgan fingerprint density at radius 3 is 1.55 bits per heavy atom. The zero-order valence-corrected chi connectivity index (χ0v) is 8.88. The molecule has 0 nitrogen and oxygen atoms in total. The Balaban J connectivity index is 2.69. The summed E-state index contributed by atoms with van der Waals surface area (Å²) in [5.74, 6) is 2.77. The van der Waals surface area contributed by atoms with Gasteiger partial charge < -0.3 is 0 Å². The maximum absolute atomic E-state index is 2.27. The molecule has 0 unspecified atom stereocenters. The van der Waals surface area contributed by atoms with Crippen molar-refractivity contribution in [3.63, 3.8) is 0 Å². The second kappa shape index (κ2) is 10.3. The second-order valence-electron chi connectivity index (χ2n) is 3.03. The van der Waals surface area contributed by atoms with E-state index >= 15 is 0 Å². The van der Waals surface area contributed by atoms with Crippen LogP contribution in [0.4, 0.5) is 0 Å². The van der Waals surface area contributed by atoms with Crippen LogP contribution in [0.3, 0.4) is 0 Å². The largest absolute Gasteiger partial charge is 0.162 e. The quantitative estimate of drug-likeness (QED) is 0.499. The van der Waals surface area contributed by atoms with E-state index in [2.05, 4.69) is 25.6 Å². The molecule has 0 fully saturated rings. The Morgan fingerprint density at radius 2 is 1.18 bits per heavy atom. The minimum absolute atomic E-state index is 1.36. The molecule has 0 aliphatic carbocycles. The topological polar surface area (TPSA) is 0 Å². The lowest BCUT2D eigenvalue weighted by Crippen LogP contribution is -1.83. The minimum atomic E-state index is 1.36. The van der Waals surface area contributed by atoms with Gasteiger partial charge in [-0.25, -0.2) is 0 Å². The smallest absolute Gasteiger partial charge is 0.00675 e. The second-order valence-corrected chi connectivity index (χ2v) is 4.25. The SMILES string of the molecule is CCCCCSCCCCC. The average Bonchev–Trinajstić information content (AvgIpc) is 2.03. The molecule has 0 aromatic rings. The van der Waals surface area contributed by atoms with Crippen LogP contribution in [0.15, 0.2) is 0 Å². The van der Waals surface area contributed by atoms with Gasteiger partial charge in [0.1, 0.15) is 0 Å². The number of hydrogen-bond donors (Lipinski definition) is 0. The fourth-order valence-corrected chi connectivity index (χ4v) is 2.03. The third-order valence-corrected chi connectivity index (χ3v) is 2.94. The first-order valence-electron chi connectivity index (χ1n) is 4.99. The highest BCUT2D eigenvalue weighted by molar-refractivity contribution is 7.99. The molecule has 0 radical (unpaired) electrons. The van der Waals surface area contributed by atoms with Crippen molar-refractivity contribution < 1.29 is 0 Å². The monoisotopic (exact) mass is 174 g/mol. The molecule has 0 rings (SSSR count). The van der Waals surface area contributed by atoms with Crippen LogP contribution in [-0.4, -0.2) is 11.5 Å². The fraction of sp³-hybridized carbons (Fsp3) is 1.00. The molecule has 0 N–H and O–H groups in total. The Morgan fingerprint density at radius 1 is 0.727 bits per heavy atom. The van der Waals surface area contributed by atoms with Gasteiger partial charge in [0.25, 0.3) is 0 Å². The van der Waals surface area contributed by atoms with Crippen LogP contribution in [-0.2, 0) is 0 Å². The van der Waals surface area contributed by atoms with Gasteiger partial charge in [-0.3, -0.25) is 0 Å². The van der Waals surface area contributed by atoms with Crippen molar-refractivity contribution in [1.82, 2.24) is 0 Å². The summed E-state index contributed by atoms with van der Waals surface area (Å²) in [6.45, 7) is 4.53. The molecule has 0 aromatic carbocycles. The van der Waals surface area contributed by atoms with Crippen molar-refractivity contribution in [3.05, 3.63) is 0 Å². The van der Waals surface area contributed by atoms with Crippen LogP contribution in [0.25, 0.3) is 0 Å². The molecular formula is C10H22S. The molecule has 11 heavy (non-hydrogen) atoms. The van der Waals surface area contributed by atoms with Gasteiger partial charge in [-0.05, 0) is 24.3 Å². The molecule has 0 saturated heterocycles. The normalized spacial score (nSPS) is 10.4. The summed E-state index contributed by atoms with van der Waals surface area (Å²) < 4.78 is 0. The highest BCUT2D eigenvalue weighted by Gasteiger charge is 1.88. The van der Waals surface area contributed by atoms with E-state index in [0.29, 0.717) is 0 Å². The van der Waals surface area contributed by atoms with E-state index in [0.717, 1.165) is 0 Å². The Bertz CT molecular complexity index is 53.9. The fourth-order valence-electron chi connectivity index (χ4n) is 1.01. The van der Waals surface area contributed by atoms with E-state index in [-0.39, 0.29) is 0 Å². The summed E-state index contributed by atoms with van der Waals surface area (Å²) in [6.07, 6.45) is 8.40. The summed E-state index contributed by atoms with van der Waals surface area (Å²) in [7, 11) is 0. The first kappa shape index (κ1) is 11.4. The van der Waals surface area contributed by atoms with Crippen LogP contribution >= 0.6 is 11.8 Å². The van der Waals surface area contributed by atoms with E-state index in [1.54, 1.807) is 0 Å². The van der Waals surface area contributed by atoms with Crippen molar-refractivity contribution in [2.45, 2.75) is 52.4 Å². The van der Waals surface area contributed by atoms with Crippen molar-refractivity contribution >= 4 is 11.8 Å². The van der Waals surface area contributed by atoms with E-state index in [1.807, 2.05) is 0 Å². The maximum Gasteiger partial charge on any atom is -0.00675 e. The maximum atomic E-state index is 2.27. The van der Waals surface area contributed by atoms with Gasteiger partial charge in [0.2, 0.25) is 0 Å². The summed E-state index contributed by atoms with van der Waals surface area (Å²) >= 11 is 2.13. The molecule has 0 heterocycles. The minimum Gasteiger partial charge on any atom is -0.162 e. The van der Waals surface area contributed by atoms with Crippen LogP contribution in [0.2, 0.25) is 0 Å². The van der Waals surface area contributed by atoms with Crippen LogP contribution < -0.4 is 0 Å². The van der Waals surface area contributed by atoms with Crippen LogP contribution in [0, 0.1) is 0 Å². The summed E-state index contributed by atoms with van der Waals surface area (Å²) in [5.41, 5.74) is 0. The predicted octanol–water partition coefficient (Wildman–Crippen LogP) is 4.10. The standard InChI is InChI=1S/C10H22S/c1-3-5-7-9-11-10-8-6-4-2/h3-10H2,1-2H3. The molecule has 0 aromatic heterocycles. The first-order valence-corrected chi connectivity index (χ1v) is 6.15. The molecule has 1 heteroatoms. The molecule has 0 saturated carbocycles. The number of thioether (sulfide) groups is 1. The van der Waals surface area contributed by atoms with Crippen molar-refractivity contribution in [3.8, 4) is 0 Å². The van der Waals surface area contributed by atoms with Gasteiger partial charge in [0, 0.05) is 0 Å². The lowest BCUT2D eigenvalue weighted by Gasteiger charge is -1.99. The molecule has 0 spiro atoms. The van der Waals surface area contributed by atoms with Gasteiger partial charge in [-0.2, -0.15) is 11.8 Å². The lowest BCUT2D eigenvalue weighted by molar-refractivity contribution is 0.768. The Labute approximate surface area is 76.1 Å². The predicted molar refractivity (Wildman–Crippen MR) is 56.4 cm³/mol. The van der Waals surface area contributed by atoms with E-state index in [4.69, 9.17) is 0 Å². The van der Waals surface area contributed by atoms with Gasteiger partial charge in [0.05, 0.1) is 0 Å². The summed E-state index contributed by atoms with van der Waals surface area (Å²) in [5, 5.41) is 0. The van der Waals surface area contributed by atoms with E-state index in [9.17, 15) is 0 Å². The third-order valence-electron chi connectivity index (χ3n) is 1.78. The molecular weight excluding hydrogens is 152 g/mol. The lowest BCUT2D eigenvalue weighted by atomic mass is 10.3. The van der Waals surface area contributed by atoms with Crippen LogP contribution in [0.5, 0.6) is 0 Å².